The van der Waals surface area contributed by atoms with E-state index in [9.17, 15) is 4.79 Å². The molecule has 9 nitrogen and oxygen atoms in total. The van der Waals surface area contributed by atoms with Crippen molar-refractivity contribution in [3.8, 4) is 0 Å². The number of carbonyl (C=O) groups is 1. The highest BCUT2D eigenvalue weighted by Crippen LogP contribution is 2.05. The predicted molar refractivity (Wildman–Crippen MR) is 62.0 cm³/mol. The fraction of sp³-hybridized carbons (Fsp3) is 0.222. The van der Waals surface area contributed by atoms with Crippen molar-refractivity contribution in [2.24, 2.45) is 5.84 Å². The van der Waals surface area contributed by atoms with Gasteiger partial charge >= 0.3 is 0 Å². The second-order valence-corrected chi connectivity index (χ2v) is 3.53. The van der Waals surface area contributed by atoms with Crippen LogP contribution in [0.4, 0.5) is 5.82 Å². The Kier molecular flexibility index (Phi) is 3.44. The lowest BCUT2D eigenvalue weighted by atomic mass is 10.3. The Labute approximate surface area is 102 Å². The highest BCUT2D eigenvalue weighted by Gasteiger charge is 2.15. The zero-order valence-corrected chi connectivity index (χ0v) is 9.66. The van der Waals surface area contributed by atoms with E-state index < -0.39 is 0 Å². The minimum absolute atomic E-state index is 0.201. The van der Waals surface area contributed by atoms with E-state index in [1.807, 2.05) is 0 Å². The molecule has 4 N–H and O–H groups in total. The second-order valence-electron chi connectivity index (χ2n) is 3.53. The van der Waals surface area contributed by atoms with E-state index in [0.717, 1.165) is 0 Å². The van der Waals surface area contributed by atoms with E-state index >= 15 is 0 Å². The number of nitrogen functional groups attached to an aromatic ring is 1. The molecule has 2 aromatic heterocycles. The molecule has 0 spiro atoms. The summed E-state index contributed by atoms with van der Waals surface area (Å²) in [6, 6.07) is 0. The fourth-order valence-corrected chi connectivity index (χ4v) is 1.34. The molecule has 0 aliphatic carbocycles. The van der Waals surface area contributed by atoms with Crippen LogP contribution < -0.4 is 11.3 Å². The van der Waals surface area contributed by atoms with E-state index in [1.165, 1.54) is 23.6 Å². The molecule has 9 heteroatoms. The van der Waals surface area contributed by atoms with Gasteiger partial charge in [0.05, 0.1) is 18.9 Å². The van der Waals surface area contributed by atoms with Gasteiger partial charge in [0.25, 0.3) is 5.91 Å². The number of aromatic amines is 1. The number of amides is 1. The van der Waals surface area contributed by atoms with Crippen LogP contribution in [0.25, 0.3) is 0 Å². The van der Waals surface area contributed by atoms with Crippen molar-refractivity contribution in [1.82, 2.24) is 30.0 Å². The van der Waals surface area contributed by atoms with E-state index in [-0.39, 0.29) is 11.6 Å². The third kappa shape index (κ3) is 2.58. The Balaban J connectivity index is 2.10. The molecular weight excluding hydrogens is 236 g/mol. The number of rotatable bonds is 4. The largest absolute Gasteiger partial charge is 0.333 e. The quantitative estimate of drug-likeness (QED) is 0.475. The van der Waals surface area contributed by atoms with Crippen molar-refractivity contribution in [3.63, 3.8) is 0 Å². The van der Waals surface area contributed by atoms with Crippen LogP contribution >= 0.6 is 0 Å². The third-order valence-electron chi connectivity index (χ3n) is 2.20. The van der Waals surface area contributed by atoms with Gasteiger partial charge in [0.1, 0.15) is 17.8 Å². The molecule has 0 bridgehead atoms. The molecule has 0 saturated heterocycles. The summed E-state index contributed by atoms with van der Waals surface area (Å²) in [5, 5.41) is 6.38. The second kappa shape index (κ2) is 5.19. The van der Waals surface area contributed by atoms with Gasteiger partial charge < -0.3 is 10.3 Å². The van der Waals surface area contributed by atoms with Crippen LogP contribution in [0.1, 0.15) is 16.3 Å². The number of aromatic nitrogens is 5. The summed E-state index contributed by atoms with van der Waals surface area (Å²) in [4.78, 5) is 25.3. The molecule has 0 unspecified atom stereocenters. The Morgan fingerprint density at radius 3 is 3.06 bits per heavy atom. The number of carbonyl (C=O) groups excluding carboxylic acids is 1. The monoisotopic (exact) mass is 248 g/mol. The lowest BCUT2D eigenvalue weighted by Gasteiger charge is -2.14. The predicted octanol–water partition coefficient (Wildman–Crippen LogP) is -0.847. The highest BCUT2D eigenvalue weighted by atomic mass is 16.2. The Morgan fingerprint density at radius 2 is 2.39 bits per heavy atom. The van der Waals surface area contributed by atoms with Crippen molar-refractivity contribution in [2.75, 3.05) is 12.5 Å². The van der Waals surface area contributed by atoms with Gasteiger partial charge in [-0.15, -0.1) is 0 Å². The lowest BCUT2D eigenvalue weighted by molar-refractivity contribution is 0.0775. The summed E-state index contributed by atoms with van der Waals surface area (Å²) in [5.74, 6) is 5.84. The third-order valence-corrected chi connectivity index (χ3v) is 2.20. The fourth-order valence-electron chi connectivity index (χ4n) is 1.34. The molecule has 2 rings (SSSR count). The first-order valence-corrected chi connectivity index (χ1v) is 5.09. The molecule has 94 valence electrons. The van der Waals surface area contributed by atoms with Crippen LogP contribution in [0.2, 0.25) is 0 Å². The summed E-state index contributed by atoms with van der Waals surface area (Å²) in [6.45, 7) is 0.306. The number of hydrazine groups is 1. The standard InChI is InChI=1S/C9H12N8O/c1-17(4-8-12-5-13-16-8)9(18)6-2-11-3-7(14-6)15-10/h2-3,5H,4,10H2,1H3,(H,14,15)(H,12,13,16). The van der Waals surface area contributed by atoms with Gasteiger partial charge in [0.15, 0.2) is 5.82 Å². The number of H-pyrrole nitrogens is 1. The minimum atomic E-state index is -0.281. The van der Waals surface area contributed by atoms with Crippen LogP contribution in [0.5, 0.6) is 0 Å². The Hall–Kier alpha value is -2.55. The van der Waals surface area contributed by atoms with E-state index in [2.05, 4.69) is 30.6 Å². The van der Waals surface area contributed by atoms with E-state index in [4.69, 9.17) is 5.84 Å². The maximum absolute atomic E-state index is 12.0. The van der Waals surface area contributed by atoms with Crippen molar-refractivity contribution < 1.29 is 4.79 Å². The Bertz CT molecular complexity index is 525. The van der Waals surface area contributed by atoms with Gasteiger partial charge in [-0.05, 0) is 0 Å². The molecule has 0 saturated carbocycles. The van der Waals surface area contributed by atoms with Crippen molar-refractivity contribution >= 4 is 11.7 Å². The van der Waals surface area contributed by atoms with Crippen LogP contribution in [-0.2, 0) is 6.54 Å². The topological polar surface area (TPSA) is 126 Å². The number of hydrogen-bond acceptors (Lipinski definition) is 7. The zero-order valence-electron chi connectivity index (χ0n) is 9.66. The van der Waals surface area contributed by atoms with Crippen LogP contribution in [-0.4, -0.2) is 43.0 Å². The molecule has 2 aromatic rings. The molecule has 0 atom stereocenters. The average Bonchev–Trinajstić information content (AvgIpc) is 2.90. The molecule has 2 heterocycles. The summed E-state index contributed by atoms with van der Waals surface area (Å²) in [5.41, 5.74) is 2.54. The maximum Gasteiger partial charge on any atom is 0.274 e. The van der Waals surface area contributed by atoms with Gasteiger partial charge in [-0.2, -0.15) is 5.10 Å². The molecule has 0 radical (unpaired) electrons. The van der Waals surface area contributed by atoms with Gasteiger partial charge in [0, 0.05) is 7.05 Å². The Morgan fingerprint density at radius 1 is 1.56 bits per heavy atom. The molecule has 0 aromatic carbocycles. The van der Waals surface area contributed by atoms with Crippen LogP contribution in [0.3, 0.4) is 0 Å². The van der Waals surface area contributed by atoms with Gasteiger partial charge in [0.2, 0.25) is 0 Å². The van der Waals surface area contributed by atoms with Crippen molar-refractivity contribution in [2.45, 2.75) is 6.54 Å². The first kappa shape index (κ1) is 11.9. The highest BCUT2D eigenvalue weighted by molar-refractivity contribution is 5.92. The number of nitrogens with zero attached hydrogens (tertiary/aromatic N) is 5. The van der Waals surface area contributed by atoms with Crippen molar-refractivity contribution in [1.29, 1.82) is 0 Å². The number of nitrogens with two attached hydrogens (primary N) is 1. The SMILES string of the molecule is CN(Cc1ncn[nH]1)C(=O)c1cncc(NN)n1. The summed E-state index contributed by atoms with van der Waals surface area (Å²) in [7, 11) is 1.63. The summed E-state index contributed by atoms with van der Waals surface area (Å²) in [6.07, 6.45) is 4.18. The number of anilines is 1. The molecule has 18 heavy (non-hydrogen) atoms. The van der Waals surface area contributed by atoms with Gasteiger partial charge in [-0.25, -0.2) is 15.8 Å². The van der Waals surface area contributed by atoms with Crippen molar-refractivity contribution in [3.05, 3.63) is 30.2 Å². The van der Waals surface area contributed by atoms with Gasteiger partial charge in [-0.1, -0.05) is 0 Å². The summed E-state index contributed by atoms with van der Waals surface area (Å²) < 4.78 is 0. The maximum atomic E-state index is 12.0. The van der Waals surface area contributed by atoms with Crippen LogP contribution in [0, 0.1) is 0 Å². The minimum Gasteiger partial charge on any atom is -0.333 e. The average molecular weight is 248 g/mol. The first-order chi connectivity index (χ1) is 8.70. The molecule has 0 aliphatic rings. The lowest BCUT2D eigenvalue weighted by Crippen LogP contribution is -2.28. The molecule has 0 fully saturated rings. The summed E-state index contributed by atoms with van der Waals surface area (Å²) >= 11 is 0. The number of hydrogen-bond donors (Lipinski definition) is 3. The first-order valence-electron chi connectivity index (χ1n) is 5.09. The van der Waals surface area contributed by atoms with Gasteiger partial charge in [-0.3, -0.25) is 14.9 Å². The number of nitrogens with one attached hydrogen (secondary N) is 2. The molecular formula is C9H12N8O. The smallest absolute Gasteiger partial charge is 0.274 e. The van der Waals surface area contributed by atoms with E-state index in [0.29, 0.717) is 18.2 Å². The zero-order chi connectivity index (χ0) is 13.0. The van der Waals surface area contributed by atoms with Crippen LogP contribution in [0.15, 0.2) is 18.7 Å². The normalized spacial score (nSPS) is 10.1. The molecule has 1 amide bonds. The van der Waals surface area contributed by atoms with E-state index in [1.54, 1.807) is 7.05 Å². The molecule has 0 aliphatic heterocycles.